The summed E-state index contributed by atoms with van der Waals surface area (Å²) in [5.74, 6) is -0.231. The Bertz CT molecular complexity index is 640. The largest absolute Gasteiger partial charge is 0.314 e. The van der Waals surface area contributed by atoms with Crippen LogP contribution in [0, 0.1) is 5.82 Å². The molecule has 1 aliphatic rings. The molecule has 0 spiro atoms. The van der Waals surface area contributed by atoms with E-state index in [0.29, 0.717) is 10.0 Å². The molecule has 0 bridgehead atoms. The number of hydrogen-bond donors (Lipinski definition) is 1. The highest BCUT2D eigenvalue weighted by molar-refractivity contribution is 6.35. The average Bonchev–Trinajstić information content (AvgIpc) is 2.52. The van der Waals surface area contributed by atoms with Gasteiger partial charge in [0.15, 0.2) is 0 Å². The van der Waals surface area contributed by atoms with Gasteiger partial charge in [-0.05, 0) is 35.4 Å². The van der Waals surface area contributed by atoms with Crippen LogP contribution in [0.25, 0.3) is 0 Å². The van der Waals surface area contributed by atoms with E-state index in [0.717, 1.165) is 37.3 Å². The van der Waals surface area contributed by atoms with Gasteiger partial charge >= 0.3 is 0 Å². The lowest BCUT2D eigenvalue weighted by atomic mass is 9.96. The molecular weight excluding hydrogens is 322 g/mol. The number of rotatable bonds is 3. The molecule has 1 N–H and O–H groups in total. The van der Waals surface area contributed by atoms with E-state index in [9.17, 15) is 4.39 Å². The third-order valence-corrected chi connectivity index (χ3v) is 4.52. The summed E-state index contributed by atoms with van der Waals surface area (Å²) in [6.07, 6.45) is 0. The zero-order valence-corrected chi connectivity index (χ0v) is 13.5. The third kappa shape index (κ3) is 3.44. The molecule has 2 aromatic carbocycles. The van der Waals surface area contributed by atoms with Crippen LogP contribution >= 0.6 is 23.2 Å². The topological polar surface area (TPSA) is 15.3 Å². The second kappa shape index (κ2) is 6.97. The molecule has 1 fully saturated rings. The van der Waals surface area contributed by atoms with E-state index in [4.69, 9.17) is 23.2 Å². The Kier molecular flexibility index (Phi) is 4.99. The Hall–Kier alpha value is -1.13. The smallest absolute Gasteiger partial charge is 0.123 e. The van der Waals surface area contributed by atoms with Gasteiger partial charge in [0, 0.05) is 36.2 Å². The van der Waals surface area contributed by atoms with Crippen LogP contribution in [0.1, 0.15) is 17.2 Å². The van der Waals surface area contributed by atoms with Gasteiger partial charge in [-0.3, -0.25) is 4.90 Å². The van der Waals surface area contributed by atoms with E-state index in [1.54, 1.807) is 6.07 Å². The van der Waals surface area contributed by atoms with Crippen molar-refractivity contribution in [2.75, 3.05) is 26.2 Å². The summed E-state index contributed by atoms with van der Waals surface area (Å²) in [4.78, 5) is 2.36. The number of benzene rings is 2. The van der Waals surface area contributed by atoms with E-state index in [1.165, 1.54) is 12.1 Å². The fourth-order valence-corrected chi connectivity index (χ4v) is 3.41. The van der Waals surface area contributed by atoms with Crippen LogP contribution in [0.3, 0.4) is 0 Å². The fourth-order valence-electron chi connectivity index (χ4n) is 2.90. The molecule has 0 amide bonds. The minimum absolute atomic E-state index is 0.00691. The van der Waals surface area contributed by atoms with Crippen LogP contribution in [0.15, 0.2) is 42.5 Å². The monoisotopic (exact) mass is 338 g/mol. The van der Waals surface area contributed by atoms with E-state index < -0.39 is 0 Å². The molecule has 3 rings (SSSR count). The van der Waals surface area contributed by atoms with Crippen molar-refractivity contribution in [1.29, 1.82) is 0 Å². The highest BCUT2D eigenvalue weighted by Gasteiger charge is 2.25. The van der Waals surface area contributed by atoms with E-state index >= 15 is 0 Å². The predicted octanol–water partition coefficient (Wildman–Crippen LogP) is 4.13. The Balaban J connectivity index is 2.03. The highest BCUT2D eigenvalue weighted by Crippen LogP contribution is 2.35. The molecule has 1 saturated heterocycles. The first-order valence-corrected chi connectivity index (χ1v) is 8.06. The van der Waals surface area contributed by atoms with Gasteiger partial charge in [0.05, 0.1) is 6.04 Å². The quantitative estimate of drug-likeness (QED) is 0.905. The molecule has 5 heteroatoms. The fraction of sp³-hybridized carbons (Fsp3) is 0.294. The van der Waals surface area contributed by atoms with Gasteiger partial charge in [0.1, 0.15) is 5.82 Å². The summed E-state index contributed by atoms with van der Waals surface area (Å²) in [6.45, 7) is 3.70. The van der Waals surface area contributed by atoms with Gasteiger partial charge < -0.3 is 5.32 Å². The van der Waals surface area contributed by atoms with Crippen molar-refractivity contribution in [2.45, 2.75) is 6.04 Å². The van der Waals surface area contributed by atoms with Crippen LogP contribution in [0.2, 0.25) is 10.0 Å². The average molecular weight is 339 g/mol. The van der Waals surface area contributed by atoms with Gasteiger partial charge in [0.2, 0.25) is 0 Å². The molecule has 1 aliphatic heterocycles. The summed E-state index contributed by atoms with van der Waals surface area (Å²) in [6, 6.07) is 12.2. The molecular formula is C17H17Cl2FN2. The van der Waals surface area contributed by atoms with Crippen molar-refractivity contribution < 1.29 is 4.39 Å². The Morgan fingerprint density at radius 2 is 1.68 bits per heavy atom. The van der Waals surface area contributed by atoms with Crippen LogP contribution in [0.4, 0.5) is 4.39 Å². The number of nitrogens with zero attached hydrogens (tertiary/aromatic N) is 1. The molecule has 1 heterocycles. The minimum atomic E-state index is -0.231. The summed E-state index contributed by atoms with van der Waals surface area (Å²) < 4.78 is 13.3. The molecule has 0 saturated carbocycles. The third-order valence-electron chi connectivity index (χ3n) is 3.96. The lowest BCUT2D eigenvalue weighted by Crippen LogP contribution is -2.45. The maximum atomic E-state index is 13.3. The molecule has 1 unspecified atom stereocenters. The molecule has 2 aromatic rings. The Morgan fingerprint density at radius 1 is 1.00 bits per heavy atom. The van der Waals surface area contributed by atoms with Gasteiger partial charge in [-0.25, -0.2) is 4.39 Å². The molecule has 0 radical (unpaired) electrons. The van der Waals surface area contributed by atoms with Crippen molar-refractivity contribution in [1.82, 2.24) is 10.2 Å². The molecule has 2 nitrogen and oxygen atoms in total. The molecule has 0 aromatic heterocycles. The number of halogens is 3. The first kappa shape index (κ1) is 15.8. The number of nitrogens with one attached hydrogen (secondary N) is 1. The molecule has 116 valence electrons. The Morgan fingerprint density at radius 3 is 2.32 bits per heavy atom. The standard InChI is InChI=1S/C17H17Cl2FN2/c18-13-3-6-15(16(19)11-13)17(22-9-7-21-8-10-22)12-1-4-14(20)5-2-12/h1-6,11,17,21H,7-10H2. The van der Waals surface area contributed by atoms with Crippen LogP contribution in [-0.2, 0) is 0 Å². The Labute approximate surface area is 139 Å². The predicted molar refractivity (Wildman–Crippen MR) is 89.1 cm³/mol. The molecule has 0 aliphatic carbocycles. The summed E-state index contributed by atoms with van der Waals surface area (Å²) in [5, 5.41) is 4.61. The second-order valence-electron chi connectivity index (χ2n) is 5.41. The van der Waals surface area contributed by atoms with Crippen molar-refractivity contribution >= 4 is 23.2 Å². The highest BCUT2D eigenvalue weighted by atomic mass is 35.5. The van der Waals surface area contributed by atoms with Crippen LogP contribution in [0.5, 0.6) is 0 Å². The normalized spacial score (nSPS) is 17.4. The lowest BCUT2D eigenvalue weighted by molar-refractivity contribution is 0.198. The number of hydrogen-bond acceptors (Lipinski definition) is 2. The van der Waals surface area contributed by atoms with Crippen molar-refractivity contribution in [3.05, 3.63) is 69.5 Å². The van der Waals surface area contributed by atoms with Crippen molar-refractivity contribution in [3.8, 4) is 0 Å². The van der Waals surface area contributed by atoms with Crippen molar-refractivity contribution in [2.24, 2.45) is 0 Å². The van der Waals surface area contributed by atoms with Crippen LogP contribution < -0.4 is 5.32 Å². The molecule has 22 heavy (non-hydrogen) atoms. The minimum Gasteiger partial charge on any atom is -0.314 e. The van der Waals surface area contributed by atoms with Gasteiger partial charge in [0.25, 0.3) is 0 Å². The first-order valence-electron chi connectivity index (χ1n) is 7.30. The van der Waals surface area contributed by atoms with E-state index in [-0.39, 0.29) is 11.9 Å². The lowest BCUT2D eigenvalue weighted by Gasteiger charge is -2.36. The van der Waals surface area contributed by atoms with Gasteiger partial charge in [-0.2, -0.15) is 0 Å². The number of piperazine rings is 1. The van der Waals surface area contributed by atoms with Gasteiger partial charge in [-0.15, -0.1) is 0 Å². The second-order valence-corrected chi connectivity index (χ2v) is 6.25. The zero-order valence-electron chi connectivity index (χ0n) is 12.0. The SMILES string of the molecule is Fc1ccc(C(c2ccc(Cl)cc2Cl)N2CCNCC2)cc1. The van der Waals surface area contributed by atoms with Gasteiger partial charge in [-0.1, -0.05) is 41.4 Å². The maximum absolute atomic E-state index is 13.3. The first-order chi connectivity index (χ1) is 10.6. The zero-order chi connectivity index (χ0) is 15.5. The summed E-state index contributed by atoms with van der Waals surface area (Å²) >= 11 is 12.4. The van der Waals surface area contributed by atoms with E-state index in [1.807, 2.05) is 24.3 Å². The summed E-state index contributed by atoms with van der Waals surface area (Å²) in [5.41, 5.74) is 2.03. The molecule has 1 atom stereocenters. The van der Waals surface area contributed by atoms with E-state index in [2.05, 4.69) is 10.2 Å². The summed E-state index contributed by atoms with van der Waals surface area (Å²) in [7, 11) is 0. The van der Waals surface area contributed by atoms with Crippen molar-refractivity contribution in [3.63, 3.8) is 0 Å². The maximum Gasteiger partial charge on any atom is 0.123 e. The van der Waals surface area contributed by atoms with Crippen LogP contribution in [-0.4, -0.2) is 31.1 Å².